The fourth-order valence-corrected chi connectivity index (χ4v) is 4.71. The maximum Gasteiger partial charge on any atom is 0.135 e. The number of unbranched alkanes of at least 4 members (excludes halogenated alkanes) is 4. The van der Waals surface area contributed by atoms with Crippen LogP contribution in [0.15, 0.2) is 60.3 Å². The van der Waals surface area contributed by atoms with E-state index in [1.165, 1.54) is 64.7 Å². The average molecular weight is 474 g/mol. The molecule has 2 aromatic rings. The van der Waals surface area contributed by atoms with E-state index in [-0.39, 0.29) is 12.0 Å². The maximum absolute atomic E-state index is 12.8. The molecule has 1 aliphatic heterocycles. The van der Waals surface area contributed by atoms with Gasteiger partial charge in [0.2, 0.25) is 0 Å². The van der Waals surface area contributed by atoms with E-state index in [1.807, 2.05) is 13.8 Å². The molecule has 3 rings (SSSR count). The molecule has 1 heterocycles. The van der Waals surface area contributed by atoms with Crippen LogP contribution in [0.4, 0.5) is 0 Å². The number of rotatable bonds is 11. The Morgan fingerprint density at radius 3 is 1.94 bits per heavy atom. The predicted molar refractivity (Wildman–Crippen MR) is 153 cm³/mol. The van der Waals surface area contributed by atoms with Crippen molar-refractivity contribution in [3.05, 3.63) is 82.6 Å². The van der Waals surface area contributed by atoms with Crippen LogP contribution in [0.2, 0.25) is 0 Å². The standard InChI is InChI=1S/C31H41NO.C2H6/c1-6-7-8-9-10-11-30(33)24(4)20-29-25(5)31(27-18-14-23(3)15-19-27)28(21-32-29)26-16-12-22(2)13-17-26;1-2/h12-19,21,24,29,32H,6-11,20H2,1-5H3;1-2H3. The molecule has 0 amide bonds. The summed E-state index contributed by atoms with van der Waals surface area (Å²) in [4.78, 5) is 12.8. The smallest absolute Gasteiger partial charge is 0.135 e. The third-order valence-electron chi connectivity index (χ3n) is 6.98. The van der Waals surface area contributed by atoms with Crippen LogP contribution in [0.25, 0.3) is 11.1 Å². The summed E-state index contributed by atoms with van der Waals surface area (Å²) in [5, 5.41) is 3.64. The molecule has 1 aliphatic rings. The third-order valence-corrected chi connectivity index (χ3v) is 6.98. The topological polar surface area (TPSA) is 29.1 Å². The van der Waals surface area contributed by atoms with Gasteiger partial charge >= 0.3 is 0 Å². The Morgan fingerprint density at radius 2 is 1.37 bits per heavy atom. The molecule has 2 heteroatoms. The first kappa shape index (κ1) is 28.6. The highest BCUT2D eigenvalue weighted by Gasteiger charge is 2.26. The first-order valence-electron chi connectivity index (χ1n) is 13.7. The lowest BCUT2D eigenvalue weighted by atomic mass is 9.81. The lowest BCUT2D eigenvalue weighted by Gasteiger charge is -2.31. The van der Waals surface area contributed by atoms with E-state index < -0.39 is 0 Å². The Balaban J connectivity index is 0.00000210. The molecule has 0 aliphatic carbocycles. The zero-order valence-electron chi connectivity index (χ0n) is 23.2. The highest BCUT2D eigenvalue weighted by Crippen LogP contribution is 2.38. The number of hydrogen-bond donors (Lipinski definition) is 1. The molecule has 0 bridgehead atoms. The Morgan fingerprint density at radius 1 is 0.829 bits per heavy atom. The summed E-state index contributed by atoms with van der Waals surface area (Å²) in [5.74, 6) is 0.475. The number of allylic oxidation sites excluding steroid dienone is 2. The summed E-state index contributed by atoms with van der Waals surface area (Å²) in [6, 6.07) is 17.7. The van der Waals surface area contributed by atoms with E-state index in [1.54, 1.807) is 0 Å². The van der Waals surface area contributed by atoms with Gasteiger partial charge in [-0.25, -0.2) is 0 Å². The minimum Gasteiger partial charge on any atom is -0.384 e. The summed E-state index contributed by atoms with van der Waals surface area (Å²) in [5.41, 5.74) is 8.83. The van der Waals surface area contributed by atoms with E-state index in [9.17, 15) is 4.79 Å². The molecule has 2 unspecified atom stereocenters. The minimum absolute atomic E-state index is 0.0669. The van der Waals surface area contributed by atoms with Gasteiger partial charge in [0.05, 0.1) is 0 Å². The van der Waals surface area contributed by atoms with Gasteiger partial charge in [-0.05, 0) is 55.9 Å². The van der Waals surface area contributed by atoms with Crippen LogP contribution < -0.4 is 5.32 Å². The molecular formula is C33H47NO. The monoisotopic (exact) mass is 473 g/mol. The van der Waals surface area contributed by atoms with Crippen LogP contribution in [0, 0.1) is 19.8 Å². The third kappa shape index (κ3) is 8.23. The van der Waals surface area contributed by atoms with Gasteiger partial charge in [0, 0.05) is 30.2 Å². The van der Waals surface area contributed by atoms with Crippen LogP contribution in [0.3, 0.4) is 0 Å². The van der Waals surface area contributed by atoms with Gasteiger partial charge in [0.15, 0.2) is 0 Å². The van der Waals surface area contributed by atoms with Crippen molar-refractivity contribution in [3.8, 4) is 0 Å². The second-order valence-corrected chi connectivity index (χ2v) is 9.83. The highest BCUT2D eigenvalue weighted by molar-refractivity contribution is 6.07. The molecule has 2 nitrogen and oxygen atoms in total. The van der Waals surface area contributed by atoms with Crippen molar-refractivity contribution in [2.45, 2.75) is 99.5 Å². The number of carbonyl (C=O) groups is 1. The van der Waals surface area contributed by atoms with Crippen molar-refractivity contribution in [1.29, 1.82) is 0 Å². The Bertz CT molecular complexity index is 979. The van der Waals surface area contributed by atoms with Crippen molar-refractivity contribution in [2.24, 2.45) is 5.92 Å². The number of ketones is 1. The molecule has 0 saturated heterocycles. The van der Waals surface area contributed by atoms with Gasteiger partial charge < -0.3 is 5.32 Å². The van der Waals surface area contributed by atoms with Crippen molar-refractivity contribution >= 4 is 16.9 Å². The molecule has 0 spiro atoms. The summed E-state index contributed by atoms with van der Waals surface area (Å²) in [7, 11) is 0. The van der Waals surface area contributed by atoms with Gasteiger partial charge in [-0.2, -0.15) is 0 Å². The van der Waals surface area contributed by atoms with Gasteiger partial charge in [-0.3, -0.25) is 4.79 Å². The number of aryl methyl sites for hydroxylation is 2. The molecule has 190 valence electrons. The van der Waals surface area contributed by atoms with Crippen LogP contribution in [0.5, 0.6) is 0 Å². The number of nitrogens with one attached hydrogen (secondary N) is 1. The summed E-state index contributed by atoms with van der Waals surface area (Å²) in [6.07, 6.45) is 9.69. The minimum atomic E-state index is 0.0669. The second-order valence-electron chi connectivity index (χ2n) is 9.83. The Labute approximate surface area is 214 Å². The van der Waals surface area contributed by atoms with Crippen LogP contribution >= 0.6 is 0 Å². The number of hydrogen-bond acceptors (Lipinski definition) is 2. The lowest BCUT2D eigenvalue weighted by Crippen LogP contribution is -2.33. The molecule has 0 saturated carbocycles. The molecule has 0 aromatic heterocycles. The SMILES string of the molecule is CC.CCCCCCCC(=O)C(C)CC1NC=C(c2ccc(C)cc2)C(c2ccc(C)cc2)=C1C. The van der Waals surface area contributed by atoms with E-state index in [2.05, 4.69) is 94.7 Å². The zero-order chi connectivity index (χ0) is 25.8. The fourth-order valence-electron chi connectivity index (χ4n) is 4.71. The summed E-state index contributed by atoms with van der Waals surface area (Å²) < 4.78 is 0. The lowest BCUT2D eigenvalue weighted by molar-refractivity contribution is -0.122. The Hall–Kier alpha value is -2.61. The molecule has 1 N–H and O–H groups in total. The van der Waals surface area contributed by atoms with Crippen LogP contribution in [-0.2, 0) is 4.79 Å². The first-order valence-corrected chi connectivity index (χ1v) is 13.7. The number of Topliss-reactive ketones (excluding diaryl/α,β-unsaturated/α-hetero) is 1. The largest absolute Gasteiger partial charge is 0.384 e. The highest BCUT2D eigenvalue weighted by atomic mass is 16.1. The van der Waals surface area contributed by atoms with Crippen LogP contribution in [-0.4, -0.2) is 11.8 Å². The van der Waals surface area contributed by atoms with Gasteiger partial charge in [-0.1, -0.05) is 113 Å². The number of dihydropyridines is 1. The van der Waals surface area contributed by atoms with E-state index in [0.717, 1.165) is 19.3 Å². The van der Waals surface area contributed by atoms with E-state index in [0.29, 0.717) is 5.78 Å². The molecule has 2 atom stereocenters. The first-order chi connectivity index (χ1) is 16.9. The molecule has 0 radical (unpaired) electrons. The average Bonchev–Trinajstić information content (AvgIpc) is 2.87. The van der Waals surface area contributed by atoms with Gasteiger partial charge in [0.25, 0.3) is 0 Å². The quantitative estimate of drug-likeness (QED) is 0.330. The maximum atomic E-state index is 12.8. The zero-order valence-corrected chi connectivity index (χ0v) is 23.2. The molecular weight excluding hydrogens is 426 g/mol. The molecule has 35 heavy (non-hydrogen) atoms. The van der Waals surface area contributed by atoms with Crippen LogP contribution in [0.1, 0.15) is 102 Å². The van der Waals surface area contributed by atoms with Crippen molar-refractivity contribution in [3.63, 3.8) is 0 Å². The van der Waals surface area contributed by atoms with Crippen molar-refractivity contribution in [2.75, 3.05) is 0 Å². The van der Waals surface area contributed by atoms with E-state index in [4.69, 9.17) is 0 Å². The van der Waals surface area contributed by atoms with E-state index >= 15 is 0 Å². The number of carbonyl (C=O) groups excluding carboxylic acids is 1. The van der Waals surface area contributed by atoms with Crippen molar-refractivity contribution < 1.29 is 4.79 Å². The van der Waals surface area contributed by atoms with Gasteiger partial charge in [0.1, 0.15) is 5.78 Å². The Kier molecular flexibility index (Phi) is 12.0. The summed E-state index contributed by atoms with van der Waals surface area (Å²) in [6.45, 7) is 14.8. The molecule has 0 fully saturated rings. The predicted octanol–water partition coefficient (Wildman–Crippen LogP) is 9.07. The number of benzene rings is 2. The fraction of sp³-hybridized carbons (Fsp3) is 0.485. The second kappa shape index (κ2) is 14.7. The van der Waals surface area contributed by atoms with Gasteiger partial charge in [-0.15, -0.1) is 0 Å². The normalized spacial score (nSPS) is 16.1. The van der Waals surface area contributed by atoms with Crippen molar-refractivity contribution in [1.82, 2.24) is 5.32 Å². The summed E-state index contributed by atoms with van der Waals surface area (Å²) >= 11 is 0. The molecule has 2 aromatic carbocycles.